The minimum Gasteiger partial charge on any atom is -0.376 e. The van der Waals surface area contributed by atoms with Crippen LogP contribution in [0.4, 0.5) is 4.39 Å². The quantitative estimate of drug-likeness (QED) is 0.770. The maximum absolute atomic E-state index is 13.1. The molecule has 1 aromatic carbocycles. The van der Waals surface area contributed by atoms with Crippen LogP contribution < -0.4 is 5.32 Å². The minimum absolute atomic E-state index is 0.0991. The van der Waals surface area contributed by atoms with Crippen molar-refractivity contribution in [3.63, 3.8) is 0 Å². The summed E-state index contributed by atoms with van der Waals surface area (Å²) in [5.41, 5.74) is 1.09. The first-order valence-electron chi connectivity index (χ1n) is 7.20. The number of benzene rings is 1. The minimum atomic E-state index is -0.199. The average Bonchev–Trinajstić information content (AvgIpc) is 2.39. The maximum atomic E-state index is 13.1. The summed E-state index contributed by atoms with van der Waals surface area (Å²) in [6, 6.07) is 6.83. The lowest BCUT2D eigenvalue weighted by Gasteiger charge is -2.31. The second kappa shape index (κ2) is 8.28. The molecule has 0 aliphatic carbocycles. The molecule has 0 heterocycles. The molecule has 0 fully saturated rings. The van der Waals surface area contributed by atoms with Crippen molar-refractivity contribution in [2.75, 3.05) is 13.2 Å². The van der Waals surface area contributed by atoms with Gasteiger partial charge in [-0.2, -0.15) is 0 Å². The van der Waals surface area contributed by atoms with E-state index in [0.717, 1.165) is 18.5 Å². The van der Waals surface area contributed by atoms with Gasteiger partial charge in [0.15, 0.2) is 0 Å². The van der Waals surface area contributed by atoms with Crippen molar-refractivity contribution >= 4 is 0 Å². The number of halogens is 1. The molecule has 2 nitrogen and oxygen atoms in total. The normalized spacial score (nSPS) is 14.6. The molecule has 108 valence electrons. The summed E-state index contributed by atoms with van der Waals surface area (Å²) >= 11 is 0. The Labute approximate surface area is 116 Å². The number of rotatable bonds is 8. The van der Waals surface area contributed by atoms with Gasteiger partial charge in [0.25, 0.3) is 0 Å². The molecule has 0 saturated carbocycles. The van der Waals surface area contributed by atoms with Crippen molar-refractivity contribution in [2.24, 2.45) is 5.92 Å². The van der Waals surface area contributed by atoms with Gasteiger partial charge in [0, 0.05) is 6.61 Å². The highest BCUT2D eigenvalue weighted by Crippen LogP contribution is 2.25. The molecule has 1 N–H and O–H groups in total. The predicted octanol–water partition coefficient (Wildman–Crippen LogP) is 3.93. The van der Waals surface area contributed by atoms with Gasteiger partial charge in [-0.25, -0.2) is 4.39 Å². The van der Waals surface area contributed by atoms with Crippen molar-refractivity contribution in [3.05, 3.63) is 35.6 Å². The lowest BCUT2D eigenvalue weighted by molar-refractivity contribution is 0.00282. The molecular weight excluding hydrogens is 241 g/mol. The summed E-state index contributed by atoms with van der Waals surface area (Å²) in [6.07, 6.45) is 1.16. The van der Waals surface area contributed by atoms with E-state index in [1.165, 1.54) is 12.1 Å². The monoisotopic (exact) mass is 267 g/mol. The van der Waals surface area contributed by atoms with Crippen LogP contribution in [0.2, 0.25) is 0 Å². The SMILES string of the molecule is CCCNC(c1ccc(F)cc1)C(OCC)C(C)C. The summed E-state index contributed by atoms with van der Waals surface area (Å²) in [5.74, 6) is 0.204. The number of ether oxygens (including phenoxy) is 1. The zero-order valence-electron chi connectivity index (χ0n) is 12.4. The third-order valence-electron chi connectivity index (χ3n) is 3.19. The van der Waals surface area contributed by atoms with Crippen LogP contribution >= 0.6 is 0 Å². The van der Waals surface area contributed by atoms with E-state index in [1.807, 2.05) is 19.1 Å². The van der Waals surface area contributed by atoms with Crippen molar-refractivity contribution in [3.8, 4) is 0 Å². The summed E-state index contributed by atoms with van der Waals surface area (Å²) < 4.78 is 18.9. The van der Waals surface area contributed by atoms with Gasteiger partial charge in [0.2, 0.25) is 0 Å². The molecule has 1 rings (SSSR count). The van der Waals surface area contributed by atoms with E-state index < -0.39 is 0 Å². The summed E-state index contributed by atoms with van der Waals surface area (Å²) in [7, 11) is 0. The molecule has 19 heavy (non-hydrogen) atoms. The van der Waals surface area contributed by atoms with E-state index in [9.17, 15) is 4.39 Å². The maximum Gasteiger partial charge on any atom is 0.123 e. The molecular formula is C16H26FNO. The van der Waals surface area contributed by atoms with Gasteiger partial charge in [-0.05, 0) is 43.5 Å². The third kappa shape index (κ3) is 4.92. The first kappa shape index (κ1) is 16.1. The zero-order valence-corrected chi connectivity index (χ0v) is 12.4. The van der Waals surface area contributed by atoms with Crippen LogP contribution in [0.15, 0.2) is 24.3 Å². The molecule has 1 aromatic rings. The van der Waals surface area contributed by atoms with Crippen LogP contribution in [0.5, 0.6) is 0 Å². The molecule has 0 saturated heterocycles. The molecule has 2 unspecified atom stereocenters. The second-order valence-corrected chi connectivity index (χ2v) is 5.15. The van der Waals surface area contributed by atoms with Crippen LogP contribution in [-0.2, 0) is 4.74 Å². The van der Waals surface area contributed by atoms with Crippen LogP contribution in [0.1, 0.15) is 45.7 Å². The fraction of sp³-hybridized carbons (Fsp3) is 0.625. The van der Waals surface area contributed by atoms with Gasteiger partial charge in [-0.15, -0.1) is 0 Å². The highest BCUT2D eigenvalue weighted by Gasteiger charge is 2.25. The summed E-state index contributed by atoms with van der Waals surface area (Å²) in [6.45, 7) is 10.1. The van der Waals surface area contributed by atoms with Gasteiger partial charge < -0.3 is 10.1 Å². The summed E-state index contributed by atoms with van der Waals surface area (Å²) in [4.78, 5) is 0. The Balaban J connectivity index is 2.94. The van der Waals surface area contributed by atoms with Crippen LogP contribution in [0.3, 0.4) is 0 Å². The molecule has 0 spiro atoms. The van der Waals surface area contributed by atoms with Gasteiger partial charge in [-0.3, -0.25) is 0 Å². The van der Waals surface area contributed by atoms with Gasteiger partial charge >= 0.3 is 0 Å². The topological polar surface area (TPSA) is 21.3 Å². The Bertz CT molecular complexity index is 350. The molecule has 3 heteroatoms. The number of nitrogens with one attached hydrogen (secondary N) is 1. The second-order valence-electron chi connectivity index (χ2n) is 5.15. The smallest absolute Gasteiger partial charge is 0.123 e. The van der Waals surface area contributed by atoms with Gasteiger partial charge in [0.1, 0.15) is 5.82 Å². The van der Waals surface area contributed by atoms with Crippen molar-refractivity contribution in [2.45, 2.75) is 46.3 Å². The van der Waals surface area contributed by atoms with Gasteiger partial charge in [0.05, 0.1) is 12.1 Å². The fourth-order valence-electron chi connectivity index (χ4n) is 2.26. The first-order chi connectivity index (χ1) is 9.10. The molecule has 2 atom stereocenters. The van der Waals surface area contributed by atoms with E-state index in [1.54, 1.807) is 0 Å². The van der Waals surface area contributed by atoms with E-state index in [2.05, 4.69) is 26.1 Å². The van der Waals surface area contributed by atoms with Crippen molar-refractivity contribution in [1.82, 2.24) is 5.32 Å². The third-order valence-corrected chi connectivity index (χ3v) is 3.19. The standard InChI is InChI=1S/C16H26FNO/c1-5-11-18-15(16(12(3)4)19-6-2)13-7-9-14(17)10-8-13/h7-10,12,15-16,18H,5-6,11H2,1-4H3. The highest BCUT2D eigenvalue weighted by molar-refractivity contribution is 5.21. The Kier molecular flexibility index (Phi) is 7.03. The molecule has 0 aliphatic rings. The van der Waals surface area contributed by atoms with Crippen LogP contribution in [-0.4, -0.2) is 19.3 Å². The molecule has 0 aliphatic heterocycles. The lowest BCUT2D eigenvalue weighted by atomic mass is 9.93. The van der Waals surface area contributed by atoms with E-state index in [4.69, 9.17) is 4.74 Å². The van der Waals surface area contributed by atoms with E-state index >= 15 is 0 Å². The molecule has 0 radical (unpaired) electrons. The zero-order chi connectivity index (χ0) is 14.3. The lowest BCUT2D eigenvalue weighted by Crippen LogP contribution is -2.37. The van der Waals surface area contributed by atoms with Crippen molar-refractivity contribution < 1.29 is 9.13 Å². The fourth-order valence-corrected chi connectivity index (χ4v) is 2.26. The largest absolute Gasteiger partial charge is 0.376 e. The molecule has 0 aromatic heterocycles. The van der Waals surface area contributed by atoms with E-state index in [-0.39, 0.29) is 18.0 Å². The Morgan fingerprint density at radius 2 is 1.79 bits per heavy atom. The van der Waals surface area contributed by atoms with Crippen molar-refractivity contribution in [1.29, 1.82) is 0 Å². The molecule has 0 bridgehead atoms. The average molecular weight is 267 g/mol. The predicted molar refractivity (Wildman–Crippen MR) is 77.7 cm³/mol. The molecule has 0 amide bonds. The first-order valence-corrected chi connectivity index (χ1v) is 7.20. The number of hydrogen-bond donors (Lipinski definition) is 1. The Morgan fingerprint density at radius 3 is 2.26 bits per heavy atom. The number of hydrogen-bond acceptors (Lipinski definition) is 2. The summed E-state index contributed by atoms with van der Waals surface area (Å²) in [5, 5.41) is 3.52. The van der Waals surface area contributed by atoms with Crippen LogP contribution in [0, 0.1) is 11.7 Å². The van der Waals surface area contributed by atoms with Crippen LogP contribution in [0.25, 0.3) is 0 Å². The van der Waals surface area contributed by atoms with E-state index in [0.29, 0.717) is 12.5 Å². The Morgan fingerprint density at radius 1 is 1.16 bits per heavy atom. The highest BCUT2D eigenvalue weighted by atomic mass is 19.1. The van der Waals surface area contributed by atoms with Gasteiger partial charge in [-0.1, -0.05) is 32.9 Å². The Hall–Kier alpha value is -0.930.